The fourth-order valence-corrected chi connectivity index (χ4v) is 1.78. The molecular formula is C10H12O3S. The zero-order chi connectivity index (χ0) is 10.8. The lowest BCUT2D eigenvalue weighted by atomic mass is 10.1. The van der Waals surface area contributed by atoms with Crippen molar-refractivity contribution in [3.05, 3.63) is 35.9 Å². The minimum Gasteiger partial charge on any atom is -0.282 e. The Hall–Kier alpha value is -1.13. The summed E-state index contributed by atoms with van der Waals surface area (Å²) in [7, 11) is -4.09. The molecule has 0 spiro atoms. The molecule has 1 N–H and O–H groups in total. The normalized spacial score (nSPS) is 11.3. The smallest absolute Gasteiger partial charge is 0.282 e. The van der Waals surface area contributed by atoms with Crippen molar-refractivity contribution in [1.29, 1.82) is 0 Å². The van der Waals surface area contributed by atoms with E-state index >= 15 is 0 Å². The van der Waals surface area contributed by atoms with Crippen LogP contribution in [0.1, 0.15) is 18.1 Å². The molecule has 0 atom stereocenters. The van der Waals surface area contributed by atoms with E-state index in [0.717, 1.165) is 11.1 Å². The van der Waals surface area contributed by atoms with Gasteiger partial charge in [-0.25, -0.2) is 0 Å². The molecule has 0 bridgehead atoms. The van der Waals surface area contributed by atoms with Crippen molar-refractivity contribution < 1.29 is 13.0 Å². The SMILES string of the molecule is C=Cc1ccc(S(=O)(=O)O)cc1CC. The van der Waals surface area contributed by atoms with E-state index in [4.69, 9.17) is 4.55 Å². The quantitative estimate of drug-likeness (QED) is 0.781. The summed E-state index contributed by atoms with van der Waals surface area (Å²) in [5.41, 5.74) is 1.75. The third-order valence-corrected chi connectivity index (χ3v) is 2.86. The van der Waals surface area contributed by atoms with Crippen LogP contribution in [-0.4, -0.2) is 13.0 Å². The molecule has 1 aromatic rings. The first-order chi connectivity index (χ1) is 6.49. The van der Waals surface area contributed by atoms with E-state index in [1.54, 1.807) is 12.1 Å². The molecule has 4 heteroatoms. The van der Waals surface area contributed by atoms with Gasteiger partial charge in [0.1, 0.15) is 0 Å². The summed E-state index contributed by atoms with van der Waals surface area (Å²) < 4.78 is 30.5. The largest absolute Gasteiger partial charge is 0.294 e. The number of hydrogen-bond donors (Lipinski definition) is 1. The molecule has 0 aliphatic rings. The predicted molar refractivity (Wildman–Crippen MR) is 55.7 cm³/mol. The molecule has 76 valence electrons. The summed E-state index contributed by atoms with van der Waals surface area (Å²) in [4.78, 5) is -0.0695. The van der Waals surface area contributed by atoms with Gasteiger partial charge in [0.15, 0.2) is 0 Å². The van der Waals surface area contributed by atoms with Crippen LogP contribution >= 0.6 is 0 Å². The van der Waals surface area contributed by atoms with Crippen molar-refractivity contribution in [3.8, 4) is 0 Å². The van der Waals surface area contributed by atoms with Crippen LogP contribution in [0.15, 0.2) is 29.7 Å². The molecular weight excluding hydrogens is 200 g/mol. The first kappa shape index (κ1) is 10.9. The van der Waals surface area contributed by atoms with Crippen LogP contribution in [0.25, 0.3) is 6.08 Å². The highest BCUT2D eigenvalue weighted by Gasteiger charge is 2.10. The first-order valence-electron chi connectivity index (χ1n) is 4.22. The summed E-state index contributed by atoms with van der Waals surface area (Å²) in [5, 5.41) is 0. The van der Waals surface area contributed by atoms with Gasteiger partial charge in [-0.2, -0.15) is 8.42 Å². The molecule has 0 heterocycles. The maximum Gasteiger partial charge on any atom is 0.294 e. The lowest BCUT2D eigenvalue weighted by Gasteiger charge is -2.04. The van der Waals surface area contributed by atoms with Crippen molar-refractivity contribution >= 4 is 16.2 Å². The zero-order valence-corrected chi connectivity index (χ0v) is 8.71. The van der Waals surface area contributed by atoms with Crippen molar-refractivity contribution in [3.63, 3.8) is 0 Å². The Morgan fingerprint density at radius 2 is 2.14 bits per heavy atom. The van der Waals surface area contributed by atoms with Gasteiger partial charge < -0.3 is 0 Å². The summed E-state index contributed by atoms with van der Waals surface area (Å²) in [5.74, 6) is 0. The highest BCUT2D eigenvalue weighted by molar-refractivity contribution is 7.85. The van der Waals surface area contributed by atoms with Crippen molar-refractivity contribution in [2.75, 3.05) is 0 Å². The van der Waals surface area contributed by atoms with Crippen molar-refractivity contribution in [2.24, 2.45) is 0 Å². The van der Waals surface area contributed by atoms with Gasteiger partial charge in [-0.05, 0) is 29.7 Å². The van der Waals surface area contributed by atoms with Gasteiger partial charge >= 0.3 is 0 Å². The first-order valence-corrected chi connectivity index (χ1v) is 5.66. The predicted octanol–water partition coefficient (Wildman–Crippen LogP) is 2.14. The van der Waals surface area contributed by atoms with E-state index < -0.39 is 10.1 Å². The molecule has 0 fully saturated rings. The van der Waals surface area contributed by atoms with Crippen LogP contribution in [0, 0.1) is 0 Å². The van der Waals surface area contributed by atoms with Gasteiger partial charge in [0.25, 0.3) is 10.1 Å². The number of rotatable bonds is 3. The van der Waals surface area contributed by atoms with Gasteiger partial charge in [-0.3, -0.25) is 4.55 Å². The van der Waals surface area contributed by atoms with Crippen LogP contribution < -0.4 is 0 Å². The van der Waals surface area contributed by atoms with Crippen LogP contribution in [0.5, 0.6) is 0 Å². The third kappa shape index (κ3) is 2.21. The van der Waals surface area contributed by atoms with E-state index in [1.807, 2.05) is 6.92 Å². The summed E-state index contributed by atoms with van der Waals surface area (Å²) in [6.45, 7) is 5.53. The molecule has 0 saturated heterocycles. The van der Waals surface area contributed by atoms with Gasteiger partial charge in [0.05, 0.1) is 4.90 Å². The van der Waals surface area contributed by atoms with Crippen molar-refractivity contribution in [2.45, 2.75) is 18.2 Å². The Balaban J connectivity index is 3.35. The average molecular weight is 212 g/mol. The highest BCUT2D eigenvalue weighted by Crippen LogP contribution is 2.17. The topological polar surface area (TPSA) is 54.4 Å². The van der Waals surface area contributed by atoms with E-state index in [-0.39, 0.29) is 4.90 Å². The standard InChI is InChI=1S/C10H12O3S/c1-3-8-5-6-10(14(11,12)13)7-9(8)4-2/h3,5-7H,1,4H2,2H3,(H,11,12,13). The third-order valence-electron chi connectivity index (χ3n) is 2.01. The lowest BCUT2D eigenvalue weighted by Crippen LogP contribution is -1.99. The molecule has 0 aliphatic carbocycles. The maximum absolute atomic E-state index is 10.8. The van der Waals surface area contributed by atoms with Crippen LogP contribution in [0.2, 0.25) is 0 Å². The monoisotopic (exact) mass is 212 g/mol. The zero-order valence-electron chi connectivity index (χ0n) is 7.90. The Bertz CT molecular complexity index is 446. The second-order valence-corrected chi connectivity index (χ2v) is 4.31. The number of aryl methyl sites for hydroxylation is 1. The summed E-state index contributed by atoms with van der Waals surface area (Å²) in [6.07, 6.45) is 2.36. The molecule has 1 rings (SSSR count). The Kier molecular flexibility index (Phi) is 3.08. The molecule has 0 unspecified atom stereocenters. The Morgan fingerprint density at radius 3 is 2.57 bits per heavy atom. The molecule has 0 saturated carbocycles. The van der Waals surface area contributed by atoms with Gasteiger partial charge in [0, 0.05) is 0 Å². The average Bonchev–Trinajstić information content (AvgIpc) is 2.15. The molecule has 0 aliphatic heterocycles. The van der Waals surface area contributed by atoms with Crippen LogP contribution in [0.4, 0.5) is 0 Å². The van der Waals surface area contributed by atoms with Gasteiger partial charge in [-0.15, -0.1) is 0 Å². The highest BCUT2D eigenvalue weighted by atomic mass is 32.2. The van der Waals surface area contributed by atoms with Gasteiger partial charge in [-0.1, -0.05) is 25.6 Å². The number of hydrogen-bond acceptors (Lipinski definition) is 2. The minimum absolute atomic E-state index is 0.0695. The Morgan fingerprint density at radius 1 is 1.50 bits per heavy atom. The second kappa shape index (κ2) is 3.94. The van der Waals surface area contributed by atoms with Crippen molar-refractivity contribution in [1.82, 2.24) is 0 Å². The number of benzene rings is 1. The van der Waals surface area contributed by atoms with E-state index in [9.17, 15) is 8.42 Å². The van der Waals surface area contributed by atoms with E-state index in [1.165, 1.54) is 12.1 Å². The second-order valence-electron chi connectivity index (χ2n) is 2.89. The molecule has 0 radical (unpaired) electrons. The lowest BCUT2D eigenvalue weighted by molar-refractivity contribution is 0.483. The summed E-state index contributed by atoms with van der Waals surface area (Å²) >= 11 is 0. The summed E-state index contributed by atoms with van der Waals surface area (Å²) in [6, 6.07) is 4.47. The molecule has 0 aromatic heterocycles. The van der Waals surface area contributed by atoms with Crippen LogP contribution in [-0.2, 0) is 16.5 Å². The van der Waals surface area contributed by atoms with E-state index in [0.29, 0.717) is 6.42 Å². The van der Waals surface area contributed by atoms with Crippen LogP contribution in [0.3, 0.4) is 0 Å². The maximum atomic E-state index is 10.8. The molecule has 0 amide bonds. The molecule has 14 heavy (non-hydrogen) atoms. The fourth-order valence-electron chi connectivity index (χ4n) is 1.25. The molecule has 1 aromatic carbocycles. The van der Waals surface area contributed by atoms with E-state index in [2.05, 4.69) is 6.58 Å². The molecule has 3 nitrogen and oxygen atoms in total. The van der Waals surface area contributed by atoms with Gasteiger partial charge in [0.2, 0.25) is 0 Å². The fraction of sp³-hybridized carbons (Fsp3) is 0.200. The minimum atomic E-state index is -4.09. The Labute approximate surface area is 83.8 Å².